The standard InChI is InChI=1S/C14H13ClN2O2/c15-13-10-3-1-2-4-12(10)16-14(11(13)9-18)17-5-7-19-8-6-17/h1-4,9H,5-8H2. The number of rotatable bonds is 2. The summed E-state index contributed by atoms with van der Waals surface area (Å²) >= 11 is 6.34. The van der Waals surface area contributed by atoms with E-state index in [4.69, 9.17) is 16.3 Å². The first-order valence-electron chi connectivity index (χ1n) is 6.17. The molecule has 0 amide bonds. The van der Waals surface area contributed by atoms with Gasteiger partial charge in [0.25, 0.3) is 0 Å². The SMILES string of the molecule is O=Cc1c(N2CCOCC2)nc2ccccc2c1Cl. The fourth-order valence-corrected chi connectivity index (χ4v) is 2.58. The lowest BCUT2D eigenvalue weighted by molar-refractivity contribution is 0.111. The van der Waals surface area contributed by atoms with E-state index in [0.29, 0.717) is 29.6 Å². The molecule has 0 N–H and O–H groups in total. The minimum Gasteiger partial charge on any atom is -0.378 e. The molecule has 2 aromatic rings. The average Bonchev–Trinajstić information content (AvgIpc) is 2.48. The van der Waals surface area contributed by atoms with E-state index in [0.717, 1.165) is 30.3 Å². The zero-order valence-corrected chi connectivity index (χ0v) is 11.1. The molecule has 0 unspecified atom stereocenters. The number of nitrogens with zero attached hydrogens (tertiary/aromatic N) is 2. The molecule has 1 aliphatic heterocycles. The maximum absolute atomic E-state index is 11.4. The second-order valence-corrected chi connectivity index (χ2v) is 4.78. The molecule has 0 aliphatic carbocycles. The number of hydrogen-bond donors (Lipinski definition) is 0. The summed E-state index contributed by atoms with van der Waals surface area (Å²) in [4.78, 5) is 18.0. The summed E-state index contributed by atoms with van der Waals surface area (Å²) in [5, 5.41) is 1.28. The van der Waals surface area contributed by atoms with Crippen molar-refractivity contribution in [2.24, 2.45) is 0 Å². The topological polar surface area (TPSA) is 42.4 Å². The van der Waals surface area contributed by atoms with Crippen molar-refractivity contribution in [3.63, 3.8) is 0 Å². The molecule has 1 aromatic carbocycles. The molecule has 0 spiro atoms. The molecule has 3 rings (SSSR count). The number of pyridine rings is 1. The summed E-state index contributed by atoms with van der Waals surface area (Å²) in [5.41, 5.74) is 1.27. The number of anilines is 1. The number of ether oxygens (including phenoxy) is 1. The van der Waals surface area contributed by atoms with Crippen LogP contribution in [0.1, 0.15) is 10.4 Å². The summed E-state index contributed by atoms with van der Waals surface area (Å²) in [6, 6.07) is 7.58. The lowest BCUT2D eigenvalue weighted by Crippen LogP contribution is -2.37. The Kier molecular flexibility index (Phi) is 3.36. The van der Waals surface area contributed by atoms with Crippen LogP contribution in [0.15, 0.2) is 24.3 Å². The van der Waals surface area contributed by atoms with Gasteiger partial charge in [-0.25, -0.2) is 4.98 Å². The molecule has 1 saturated heterocycles. The second-order valence-electron chi connectivity index (χ2n) is 4.40. The normalized spacial score (nSPS) is 15.7. The number of para-hydroxylation sites is 1. The number of benzene rings is 1. The van der Waals surface area contributed by atoms with Crippen LogP contribution >= 0.6 is 11.6 Å². The first-order chi connectivity index (χ1) is 9.31. The minimum atomic E-state index is 0.460. The summed E-state index contributed by atoms with van der Waals surface area (Å²) in [6.07, 6.45) is 0.784. The van der Waals surface area contributed by atoms with Crippen LogP contribution in [-0.2, 0) is 4.74 Å². The molecule has 4 nitrogen and oxygen atoms in total. The Morgan fingerprint density at radius 3 is 2.74 bits per heavy atom. The molecule has 0 radical (unpaired) electrons. The van der Waals surface area contributed by atoms with Crippen LogP contribution in [0.3, 0.4) is 0 Å². The molecule has 0 bridgehead atoms. The molecule has 5 heteroatoms. The van der Waals surface area contributed by atoms with Gasteiger partial charge in [0.1, 0.15) is 5.82 Å². The van der Waals surface area contributed by atoms with E-state index in [1.165, 1.54) is 0 Å². The van der Waals surface area contributed by atoms with Crippen LogP contribution in [0.2, 0.25) is 5.02 Å². The summed E-state index contributed by atoms with van der Waals surface area (Å²) in [7, 11) is 0. The quantitative estimate of drug-likeness (QED) is 0.791. The van der Waals surface area contributed by atoms with Crippen molar-refractivity contribution in [1.82, 2.24) is 4.98 Å². The van der Waals surface area contributed by atoms with Gasteiger partial charge >= 0.3 is 0 Å². The van der Waals surface area contributed by atoms with Gasteiger partial charge in [-0.3, -0.25) is 4.79 Å². The third-order valence-corrected chi connectivity index (χ3v) is 3.68. The van der Waals surface area contributed by atoms with Crippen molar-refractivity contribution in [3.05, 3.63) is 34.9 Å². The van der Waals surface area contributed by atoms with Crippen LogP contribution < -0.4 is 4.90 Å². The number of hydrogen-bond acceptors (Lipinski definition) is 4. The number of aldehydes is 1. The Labute approximate surface area is 115 Å². The molecule has 1 aliphatic rings. The minimum absolute atomic E-state index is 0.460. The lowest BCUT2D eigenvalue weighted by Gasteiger charge is -2.29. The van der Waals surface area contributed by atoms with E-state index in [1.54, 1.807) is 0 Å². The van der Waals surface area contributed by atoms with Gasteiger partial charge in [-0.2, -0.15) is 0 Å². The third-order valence-electron chi connectivity index (χ3n) is 3.27. The van der Waals surface area contributed by atoms with Crippen molar-refractivity contribution in [1.29, 1.82) is 0 Å². The Bertz CT molecular complexity index is 624. The number of fused-ring (bicyclic) bond motifs is 1. The van der Waals surface area contributed by atoms with Crippen LogP contribution in [0.25, 0.3) is 10.9 Å². The predicted molar refractivity (Wildman–Crippen MR) is 75.2 cm³/mol. The molecule has 0 saturated carbocycles. The number of morpholine rings is 1. The maximum Gasteiger partial charge on any atom is 0.155 e. The fraction of sp³-hybridized carbons (Fsp3) is 0.286. The summed E-state index contributed by atoms with van der Waals surface area (Å²) in [6.45, 7) is 2.74. The lowest BCUT2D eigenvalue weighted by atomic mass is 10.1. The Balaban J connectivity index is 2.19. The molecule has 1 fully saturated rings. The zero-order chi connectivity index (χ0) is 13.2. The van der Waals surface area contributed by atoms with Gasteiger partial charge in [0.05, 0.1) is 29.3 Å². The summed E-state index contributed by atoms with van der Waals surface area (Å²) in [5.74, 6) is 0.655. The number of aromatic nitrogens is 1. The van der Waals surface area contributed by atoms with Gasteiger partial charge in [0, 0.05) is 18.5 Å². The number of carbonyl (C=O) groups is 1. The first kappa shape index (κ1) is 12.4. The number of carbonyl (C=O) groups excluding carboxylic acids is 1. The van der Waals surface area contributed by atoms with Crippen LogP contribution in [0.4, 0.5) is 5.82 Å². The van der Waals surface area contributed by atoms with Crippen molar-refractivity contribution in [2.75, 3.05) is 31.2 Å². The molecule has 1 aromatic heterocycles. The van der Waals surface area contributed by atoms with Gasteiger partial charge < -0.3 is 9.64 Å². The highest BCUT2D eigenvalue weighted by Gasteiger charge is 2.20. The van der Waals surface area contributed by atoms with Crippen molar-refractivity contribution in [3.8, 4) is 0 Å². The summed E-state index contributed by atoms with van der Waals surface area (Å²) < 4.78 is 5.32. The molecule has 2 heterocycles. The van der Waals surface area contributed by atoms with Crippen LogP contribution in [-0.4, -0.2) is 37.6 Å². The number of halogens is 1. The highest BCUT2D eigenvalue weighted by Crippen LogP contribution is 2.31. The second kappa shape index (κ2) is 5.15. The first-order valence-corrected chi connectivity index (χ1v) is 6.55. The highest BCUT2D eigenvalue weighted by atomic mass is 35.5. The molecular formula is C14H13ClN2O2. The van der Waals surface area contributed by atoms with Gasteiger partial charge in [-0.1, -0.05) is 29.8 Å². The molecule has 19 heavy (non-hydrogen) atoms. The average molecular weight is 277 g/mol. The van der Waals surface area contributed by atoms with Crippen molar-refractivity contribution >= 4 is 34.6 Å². The molecular weight excluding hydrogens is 264 g/mol. The fourth-order valence-electron chi connectivity index (χ4n) is 2.29. The van der Waals surface area contributed by atoms with Crippen LogP contribution in [0.5, 0.6) is 0 Å². The van der Waals surface area contributed by atoms with Crippen LogP contribution in [0, 0.1) is 0 Å². The van der Waals surface area contributed by atoms with Gasteiger partial charge in [-0.05, 0) is 6.07 Å². The van der Waals surface area contributed by atoms with Crippen molar-refractivity contribution in [2.45, 2.75) is 0 Å². The van der Waals surface area contributed by atoms with Crippen molar-refractivity contribution < 1.29 is 9.53 Å². The Morgan fingerprint density at radius 2 is 2.00 bits per heavy atom. The van der Waals surface area contributed by atoms with Gasteiger partial charge in [0.2, 0.25) is 0 Å². The third kappa shape index (κ3) is 2.17. The largest absolute Gasteiger partial charge is 0.378 e. The van der Waals surface area contributed by atoms with E-state index in [2.05, 4.69) is 4.98 Å². The van der Waals surface area contributed by atoms with E-state index in [1.807, 2.05) is 29.2 Å². The van der Waals surface area contributed by atoms with E-state index >= 15 is 0 Å². The van der Waals surface area contributed by atoms with E-state index < -0.39 is 0 Å². The monoisotopic (exact) mass is 276 g/mol. The highest BCUT2D eigenvalue weighted by molar-refractivity contribution is 6.38. The van der Waals surface area contributed by atoms with E-state index in [-0.39, 0.29) is 0 Å². The molecule has 98 valence electrons. The molecule has 0 atom stereocenters. The van der Waals surface area contributed by atoms with E-state index in [9.17, 15) is 4.79 Å². The van der Waals surface area contributed by atoms with Gasteiger partial charge in [0.15, 0.2) is 6.29 Å². The predicted octanol–water partition coefficient (Wildman–Crippen LogP) is 2.54. The Morgan fingerprint density at radius 1 is 1.26 bits per heavy atom. The smallest absolute Gasteiger partial charge is 0.155 e. The zero-order valence-electron chi connectivity index (χ0n) is 10.3. The Hall–Kier alpha value is -1.65. The van der Waals surface area contributed by atoms with Gasteiger partial charge in [-0.15, -0.1) is 0 Å². The maximum atomic E-state index is 11.4.